The van der Waals surface area contributed by atoms with Gasteiger partial charge in [0, 0.05) is 24.0 Å². The van der Waals surface area contributed by atoms with Crippen molar-refractivity contribution in [1.29, 1.82) is 0 Å². The molecular formula is C12H6BrFN2O. The van der Waals surface area contributed by atoms with E-state index in [1.165, 1.54) is 6.07 Å². The average molecular weight is 293 g/mol. The van der Waals surface area contributed by atoms with Crippen LogP contribution in [0.25, 0.3) is 22.2 Å². The van der Waals surface area contributed by atoms with Gasteiger partial charge in [-0.15, -0.1) is 0 Å². The summed E-state index contributed by atoms with van der Waals surface area (Å²) in [6.07, 6.45) is 3.32. The number of halogens is 2. The van der Waals surface area contributed by atoms with Crippen LogP contribution >= 0.6 is 15.9 Å². The summed E-state index contributed by atoms with van der Waals surface area (Å²) in [5.41, 5.74) is 2.01. The molecule has 84 valence electrons. The molecule has 3 nitrogen and oxygen atoms in total. The quantitative estimate of drug-likeness (QED) is 0.685. The normalized spacial score (nSPS) is 10.9. The van der Waals surface area contributed by atoms with Crippen molar-refractivity contribution in [3.05, 3.63) is 46.9 Å². The zero-order chi connectivity index (χ0) is 11.8. The van der Waals surface area contributed by atoms with E-state index in [0.717, 1.165) is 5.56 Å². The van der Waals surface area contributed by atoms with Crippen LogP contribution in [0.5, 0.6) is 0 Å². The summed E-state index contributed by atoms with van der Waals surface area (Å²) >= 11 is 3.11. The molecule has 0 atom stereocenters. The first-order valence-electron chi connectivity index (χ1n) is 4.90. The molecule has 0 saturated heterocycles. The van der Waals surface area contributed by atoms with E-state index in [0.29, 0.717) is 21.1 Å². The lowest BCUT2D eigenvalue weighted by Crippen LogP contribution is -1.81. The van der Waals surface area contributed by atoms with Crippen molar-refractivity contribution in [3.63, 3.8) is 0 Å². The highest BCUT2D eigenvalue weighted by Gasteiger charge is 2.13. The van der Waals surface area contributed by atoms with Gasteiger partial charge in [0.1, 0.15) is 11.5 Å². The maximum absolute atomic E-state index is 13.5. The Labute approximate surface area is 104 Å². The van der Waals surface area contributed by atoms with Gasteiger partial charge in [-0.3, -0.25) is 4.98 Å². The molecule has 0 radical (unpaired) electrons. The average Bonchev–Trinajstić information content (AvgIpc) is 2.74. The lowest BCUT2D eigenvalue weighted by atomic mass is 10.1. The molecule has 2 heterocycles. The molecule has 0 aliphatic rings. The number of hydrogen-bond acceptors (Lipinski definition) is 3. The number of rotatable bonds is 1. The molecular weight excluding hydrogens is 287 g/mol. The molecule has 0 amide bonds. The molecule has 1 aromatic carbocycles. The van der Waals surface area contributed by atoms with Gasteiger partial charge in [-0.2, -0.15) is 0 Å². The second-order valence-corrected chi connectivity index (χ2v) is 4.38. The van der Waals surface area contributed by atoms with Crippen LogP contribution in [0.1, 0.15) is 0 Å². The third-order valence-electron chi connectivity index (χ3n) is 2.47. The van der Waals surface area contributed by atoms with E-state index in [1.807, 2.05) is 0 Å². The van der Waals surface area contributed by atoms with Crippen LogP contribution in [0, 0.1) is 5.82 Å². The third-order valence-corrected chi connectivity index (χ3v) is 3.07. The van der Waals surface area contributed by atoms with E-state index in [4.69, 9.17) is 4.52 Å². The van der Waals surface area contributed by atoms with Crippen LogP contribution in [0.15, 0.2) is 45.7 Å². The van der Waals surface area contributed by atoms with Gasteiger partial charge in [-0.1, -0.05) is 5.16 Å². The second kappa shape index (κ2) is 3.92. The van der Waals surface area contributed by atoms with E-state index in [-0.39, 0.29) is 5.82 Å². The molecule has 5 heteroatoms. The highest BCUT2D eigenvalue weighted by atomic mass is 79.9. The summed E-state index contributed by atoms with van der Waals surface area (Å²) in [5, 5.41) is 4.61. The van der Waals surface area contributed by atoms with Crippen molar-refractivity contribution in [1.82, 2.24) is 10.1 Å². The predicted molar refractivity (Wildman–Crippen MR) is 64.9 cm³/mol. The SMILES string of the molecule is Fc1cc2c(-c3ccncc3)noc2cc1Br. The Morgan fingerprint density at radius 3 is 2.71 bits per heavy atom. The Morgan fingerprint density at radius 2 is 1.94 bits per heavy atom. The molecule has 0 aliphatic carbocycles. The van der Waals surface area contributed by atoms with Crippen LogP contribution in [0.4, 0.5) is 4.39 Å². The van der Waals surface area contributed by atoms with Crippen LogP contribution in [0.2, 0.25) is 0 Å². The summed E-state index contributed by atoms with van der Waals surface area (Å²) in [5.74, 6) is -0.337. The smallest absolute Gasteiger partial charge is 0.168 e. The lowest BCUT2D eigenvalue weighted by molar-refractivity contribution is 0.459. The van der Waals surface area contributed by atoms with Gasteiger partial charge in [-0.05, 0) is 34.1 Å². The zero-order valence-electron chi connectivity index (χ0n) is 8.52. The molecule has 3 rings (SSSR count). The number of nitrogens with zero attached hydrogens (tertiary/aromatic N) is 2. The zero-order valence-corrected chi connectivity index (χ0v) is 10.1. The van der Waals surface area contributed by atoms with Crippen LogP contribution in [0.3, 0.4) is 0 Å². The summed E-state index contributed by atoms with van der Waals surface area (Å²) < 4.78 is 19.0. The lowest BCUT2D eigenvalue weighted by Gasteiger charge is -1.96. The third kappa shape index (κ3) is 1.72. The molecule has 0 bridgehead atoms. The van der Waals surface area contributed by atoms with E-state index in [9.17, 15) is 4.39 Å². The fraction of sp³-hybridized carbons (Fsp3) is 0. The first kappa shape index (κ1) is 10.4. The maximum atomic E-state index is 13.5. The Bertz CT molecular complexity index is 682. The standard InChI is InChI=1S/C12H6BrFN2O/c13-9-6-11-8(5-10(9)14)12(16-17-11)7-1-3-15-4-2-7/h1-6H. The molecule has 0 N–H and O–H groups in total. The topological polar surface area (TPSA) is 38.9 Å². The fourth-order valence-corrected chi connectivity index (χ4v) is 1.97. The molecule has 0 aliphatic heterocycles. The first-order chi connectivity index (χ1) is 8.25. The number of benzene rings is 1. The van der Waals surface area contributed by atoms with E-state index >= 15 is 0 Å². The van der Waals surface area contributed by atoms with Gasteiger partial charge >= 0.3 is 0 Å². The predicted octanol–water partition coefficient (Wildman–Crippen LogP) is 3.79. The van der Waals surface area contributed by atoms with Crippen molar-refractivity contribution >= 4 is 26.9 Å². The molecule has 0 unspecified atom stereocenters. The number of pyridine rings is 1. The number of fused-ring (bicyclic) bond motifs is 1. The number of hydrogen-bond donors (Lipinski definition) is 0. The van der Waals surface area contributed by atoms with Crippen LogP contribution in [-0.2, 0) is 0 Å². The fourth-order valence-electron chi connectivity index (χ4n) is 1.65. The molecule has 17 heavy (non-hydrogen) atoms. The van der Waals surface area contributed by atoms with E-state index < -0.39 is 0 Å². The Morgan fingerprint density at radius 1 is 1.18 bits per heavy atom. The molecule has 0 saturated carbocycles. The maximum Gasteiger partial charge on any atom is 0.168 e. The Hall–Kier alpha value is -1.75. The minimum Gasteiger partial charge on any atom is -0.356 e. The monoisotopic (exact) mass is 292 g/mol. The second-order valence-electron chi connectivity index (χ2n) is 3.53. The minimum atomic E-state index is -0.337. The largest absolute Gasteiger partial charge is 0.356 e. The van der Waals surface area contributed by atoms with Crippen molar-refractivity contribution in [2.24, 2.45) is 0 Å². The van der Waals surface area contributed by atoms with Crippen molar-refractivity contribution in [2.75, 3.05) is 0 Å². The summed E-state index contributed by atoms with van der Waals surface area (Å²) in [6, 6.07) is 6.59. The summed E-state index contributed by atoms with van der Waals surface area (Å²) in [7, 11) is 0. The van der Waals surface area contributed by atoms with Crippen molar-refractivity contribution in [3.8, 4) is 11.3 Å². The minimum absolute atomic E-state index is 0.337. The van der Waals surface area contributed by atoms with Gasteiger partial charge in [0.15, 0.2) is 5.58 Å². The van der Waals surface area contributed by atoms with Gasteiger partial charge in [0.25, 0.3) is 0 Å². The van der Waals surface area contributed by atoms with Crippen molar-refractivity contribution in [2.45, 2.75) is 0 Å². The molecule has 0 fully saturated rings. The van der Waals surface area contributed by atoms with Gasteiger partial charge in [0.05, 0.1) is 9.86 Å². The molecule has 2 aromatic heterocycles. The van der Waals surface area contributed by atoms with Gasteiger partial charge in [0.2, 0.25) is 0 Å². The Kier molecular flexibility index (Phi) is 2.40. The van der Waals surface area contributed by atoms with Crippen molar-refractivity contribution < 1.29 is 8.91 Å². The summed E-state index contributed by atoms with van der Waals surface area (Å²) in [6.45, 7) is 0. The van der Waals surface area contributed by atoms with Gasteiger partial charge in [-0.25, -0.2) is 4.39 Å². The highest BCUT2D eigenvalue weighted by molar-refractivity contribution is 9.10. The summed E-state index contributed by atoms with van der Waals surface area (Å²) in [4.78, 5) is 3.93. The van der Waals surface area contributed by atoms with Crippen LogP contribution < -0.4 is 0 Å². The molecule has 3 aromatic rings. The van der Waals surface area contributed by atoms with Crippen LogP contribution in [-0.4, -0.2) is 10.1 Å². The number of aromatic nitrogens is 2. The molecule has 0 spiro atoms. The van der Waals surface area contributed by atoms with E-state index in [1.54, 1.807) is 30.6 Å². The first-order valence-corrected chi connectivity index (χ1v) is 5.70. The Balaban J connectivity index is 2.29. The van der Waals surface area contributed by atoms with E-state index in [2.05, 4.69) is 26.1 Å². The highest BCUT2D eigenvalue weighted by Crippen LogP contribution is 2.30. The van der Waals surface area contributed by atoms with Gasteiger partial charge < -0.3 is 4.52 Å².